The van der Waals surface area contributed by atoms with Gasteiger partial charge in [0.1, 0.15) is 5.69 Å². The summed E-state index contributed by atoms with van der Waals surface area (Å²) in [6, 6.07) is 14.3. The van der Waals surface area contributed by atoms with Crippen molar-refractivity contribution in [1.82, 2.24) is 14.8 Å². The Morgan fingerprint density at radius 2 is 1.61 bits per heavy atom. The van der Waals surface area contributed by atoms with Crippen LogP contribution in [0, 0.1) is 0 Å². The Bertz CT molecular complexity index is 585. The van der Waals surface area contributed by atoms with Crippen molar-refractivity contribution in [3.8, 4) is 22.4 Å². The van der Waals surface area contributed by atoms with Crippen LogP contribution in [-0.4, -0.2) is 14.8 Å². The molecular formula is C15H13N3. The highest BCUT2D eigenvalue weighted by Crippen LogP contribution is 2.30. The van der Waals surface area contributed by atoms with Crippen LogP contribution in [0.3, 0.4) is 0 Å². The first-order valence-corrected chi connectivity index (χ1v) is 5.84. The van der Waals surface area contributed by atoms with E-state index >= 15 is 0 Å². The summed E-state index contributed by atoms with van der Waals surface area (Å²) in [6.07, 6.45) is 5.63. The topological polar surface area (TPSA) is 30.7 Å². The molecule has 0 atom stereocenters. The molecule has 88 valence electrons. The van der Waals surface area contributed by atoms with Gasteiger partial charge < -0.3 is 0 Å². The van der Waals surface area contributed by atoms with Crippen molar-refractivity contribution >= 4 is 0 Å². The number of pyridine rings is 1. The molecule has 0 aliphatic heterocycles. The Morgan fingerprint density at radius 1 is 0.889 bits per heavy atom. The summed E-state index contributed by atoms with van der Waals surface area (Å²) >= 11 is 0. The molecule has 0 aliphatic rings. The SMILES string of the molecule is Cn1cc(-c2ccccc2)c(-c2ccncc2)n1. The van der Waals surface area contributed by atoms with E-state index in [1.165, 1.54) is 5.56 Å². The molecule has 2 aromatic heterocycles. The van der Waals surface area contributed by atoms with E-state index in [0.29, 0.717) is 0 Å². The van der Waals surface area contributed by atoms with Gasteiger partial charge in [-0.2, -0.15) is 5.10 Å². The van der Waals surface area contributed by atoms with Crippen LogP contribution in [0.1, 0.15) is 0 Å². The van der Waals surface area contributed by atoms with Crippen LogP contribution in [0.4, 0.5) is 0 Å². The molecular weight excluding hydrogens is 222 g/mol. The van der Waals surface area contributed by atoms with Gasteiger partial charge in [0, 0.05) is 36.8 Å². The predicted octanol–water partition coefficient (Wildman–Crippen LogP) is 3.15. The van der Waals surface area contributed by atoms with E-state index in [1.54, 1.807) is 12.4 Å². The third-order valence-electron chi connectivity index (χ3n) is 2.87. The Morgan fingerprint density at radius 3 is 2.33 bits per heavy atom. The zero-order chi connectivity index (χ0) is 12.4. The summed E-state index contributed by atoms with van der Waals surface area (Å²) < 4.78 is 1.85. The third kappa shape index (κ3) is 1.91. The number of nitrogens with zero attached hydrogens (tertiary/aromatic N) is 3. The van der Waals surface area contributed by atoms with Crippen LogP contribution in [0.5, 0.6) is 0 Å². The molecule has 2 heterocycles. The molecule has 0 unspecified atom stereocenters. The van der Waals surface area contributed by atoms with E-state index in [9.17, 15) is 0 Å². The van der Waals surface area contributed by atoms with Crippen molar-refractivity contribution in [2.45, 2.75) is 0 Å². The van der Waals surface area contributed by atoms with Gasteiger partial charge in [-0.05, 0) is 17.7 Å². The largest absolute Gasteiger partial charge is 0.275 e. The summed E-state index contributed by atoms with van der Waals surface area (Å²) in [5.74, 6) is 0. The highest BCUT2D eigenvalue weighted by atomic mass is 15.2. The Hall–Kier alpha value is -2.42. The monoisotopic (exact) mass is 235 g/mol. The number of benzene rings is 1. The lowest BCUT2D eigenvalue weighted by atomic mass is 10.0. The van der Waals surface area contributed by atoms with Gasteiger partial charge in [0.2, 0.25) is 0 Å². The van der Waals surface area contributed by atoms with Crippen LogP contribution in [0.2, 0.25) is 0 Å². The summed E-state index contributed by atoms with van der Waals surface area (Å²) in [5.41, 5.74) is 4.40. The summed E-state index contributed by atoms with van der Waals surface area (Å²) in [4.78, 5) is 4.05. The van der Waals surface area contributed by atoms with E-state index in [-0.39, 0.29) is 0 Å². The fourth-order valence-corrected chi connectivity index (χ4v) is 2.04. The average Bonchev–Trinajstić information content (AvgIpc) is 2.83. The van der Waals surface area contributed by atoms with E-state index < -0.39 is 0 Å². The van der Waals surface area contributed by atoms with Crippen LogP contribution in [0.15, 0.2) is 61.1 Å². The molecule has 18 heavy (non-hydrogen) atoms. The van der Waals surface area contributed by atoms with Crippen molar-refractivity contribution in [3.63, 3.8) is 0 Å². The van der Waals surface area contributed by atoms with E-state index in [2.05, 4.69) is 22.2 Å². The van der Waals surface area contributed by atoms with Crippen LogP contribution < -0.4 is 0 Å². The number of hydrogen-bond acceptors (Lipinski definition) is 2. The molecule has 1 aromatic carbocycles. The molecule has 3 aromatic rings. The smallest absolute Gasteiger partial charge is 0.100 e. The summed E-state index contributed by atoms with van der Waals surface area (Å²) in [6.45, 7) is 0. The molecule has 0 aliphatic carbocycles. The molecule has 0 radical (unpaired) electrons. The second kappa shape index (κ2) is 4.45. The van der Waals surface area contributed by atoms with E-state index in [1.807, 2.05) is 48.3 Å². The second-order valence-electron chi connectivity index (χ2n) is 4.17. The lowest BCUT2D eigenvalue weighted by Crippen LogP contribution is -1.87. The third-order valence-corrected chi connectivity index (χ3v) is 2.87. The summed E-state index contributed by atoms with van der Waals surface area (Å²) in [7, 11) is 1.94. The van der Waals surface area contributed by atoms with Gasteiger partial charge in [-0.25, -0.2) is 0 Å². The first kappa shape index (κ1) is 10.7. The maximum atomic E-state index is 4.55. The molecule has 0 bridgehead atoms. The van der Waals surface area contributed by atoms with Gasteiger partial charge in [0.15, 0.2) is 0 Å². The highest BCUT2D eigenvalue weighted by molar-refractivity contribution is 5.80. The van der Waals surface area contributed by atoms with Crippen molar-refractivity contribution < 1.29 is 0 Å². The van der Waals surface area contributed by atoms with E-state index in [4.69, 9.17) is 0 Å². The number of rotatable bonds is 2. The number of aromatic nitrogens is 3. The number of hydrogen-bond donors (Lipinski definition) is 0. The van der Waals surface area contributed by atoms with Crippen LogP contribution >= 0.6 is 0 Å². The molecule has 0 saturated carbocycles. The fraction of sp³-hybridized carbons (Fsp3) is 0.0667. The highest BCUT2D eigenvalue weighted by Gasteiger charge is 2.11. The lowest BCUT2D eigenvalue weighted by molar-refractivity contribution is 0.771. The standard InChI is InChI=1S/C15H13N3/c1-18-11-14(12-5-3-2-4-6-12)15(17-18)13-7-9-16-10-8-13/h2-11H,1H3. The number of aryl methyl sites for hydroxylation is 1. The molecule has 0 spiro atoms. The van der Waals surface area contributed by atoms with Gasteiger partial charge in [-0.3, -0.25) is 9.67 Å². The zero-order valence-corrected chi connectivity index (χ0v) is 10.1. The second-order valence-corrected chi connectivity index (χ2v) is 4.17. The fourth-order valence-electron chi connectivity index (χ4n) is 2.04. The van der Waals surface area contributed by atoms with Gasteiger partial charge in [0.05, 0.1) is 0 Å². The minimum Gasteiger partial charge on any atom is -0.275 e. The van der Waals surface area contributed by atoms with Crippen molar-refractivity contribution in [1.29, 1.82) is 0 Å². The van der Waals surface area contributed by atoms with Crippen molar-refractivity contribution in [3.05, 3.63) is 61.1 Å². The Kier molecular flexibility index (Phi) is 2.65. The predicted molar refractivity (Wildman–Crippen MR) is 71.9 cm³/mol. The van der Waals surface area contributed by atoms with Gasteiger partial charge in [-0.1, -0.05) is 30.3 Å². The minimum absolute atomic E-state index is 0.992. The molecule has 0 saturated heterocycles. The Labute approximate surface area is 106 Å². The molecule has 0 amide bonds. The molecule has 0 fully saturated rings. The lowest BCUT2D eigenvalue weighted by Gasteiger charge is -2.01. The molecule has 3 rings (SSSR count). The maximum Gasteiger partial charge on any atom is 0.100 e. The molecule has 0 N–H and O–H groups in total. The van der Waals surface area contributed by atoms with Gasteiger partial charge in [-0.15, -0.1) is 0 Å². The first-order valence-electron chi connectivity index (χ1n) is 5.84. The van der Waals surface area contributed by atoms with E-state index in [0.717, 1.165) is 16.8 Å². The quantitative estimate of drug-likeness (QED) is 0.683. The van der Waals surface area contributed by atoms with Gasteiger partial charge in [0.25, 0.3) is 0 Å². The molecule has 3 nitrogen and oxygen atoms in total. The van der Waals surface area contributed by atoms with Gasteiger partial charge >= 0.3 is 0 Å². The first-order chi connectivity index (χ1) is 8.84. The van der Waals surface area contributed by atoms with Crippen LogP contribution in [0.25, 0.3) is 22.4 Å². The van der Waals surface area contributed by atoms with Crippen molar-refractivity contribution in [2.24, 2.45) is 7.05 Å². The Balaban J connectivity index is 2.17. The normalized spacial score (nSPS) is 10.5. The average molecular weight is 235 g/mol. The minimum atomic E-state index is 0.992. The van der Waals surface area contributed by atoms with Crippen LogP contribution in [-0.2, 0) is 7.05 Å². The van der Waals surface area contributed by atoms with Crippen molar-refractivity contribution in [2.75, 3.05) is 0 Å². The molecule has 3 heteroatoms. The maximum absolute atomic E-state index is 4.55. The zero-order valence-electron chi connectivity index (χ0n) is 10.1. The summed E-state index contributed by atoms with van der Waals surface area (Å²) in [5, 5.41) is 4.55.